The topological polar surface area (TPSA) is 37.3 Å². The number of carbonyl (C=O) groups is 1. The molecule has 1 N–H and O–H groups in total. The maximum absolute atomic E-state index is 12.6. The zero-order valence-electron chi connectivity index (χ0n) is 10.9. The molecule has 0 saturated heterocycles. The smallest absolute Gasteiger partial charge is 0.416 e. The first-order valence-electron chi connectivity index (χ1n) is 5.97. The number of hydrogen-bond donors (Lipinski definition) is 1. The third-order valence-corrected chi connectivity index (χ3v) is 4.03. The van der Waals surface area contributed by atoms with Crippen LogP contribution in [-0.4, -0.2) is 11.1 Å². The number of aryl methyl sites for hydroxylation is 1. The molecule has 0 amide bonds. The van der Waals surface area contributed by atoms with Gasteiger partial charge < -0.3 is 5.11 Å². The summed E-state index contributed by atoms with van der Waals surface area (Å²) in [5.74, 6) is -1.63. The predicted molar refractivity (Wildman–Crippen MR) is 63.8 cm³/mol. The minimum atomic E-state index is -4.37. The zero-order chi connectivity index (χ0) is 14.6. The van der Waals surface area contributed by atoms with Crippen molar-refractivity contribution in [2.75, 3.05) is 0 Å². The van der Waals surface area contributed by atoms with Crippen molar-refractivity contribution in [3.05, 3.63) is 34.9 Å². The molecular weight excluding hydrogens is 257 g/mol. The molecule has 0 aromatic heterocycles. The highest BCUT2D eigenvalue weighted by molar-refractivity contribution is 5.77. The molecule has 5 heteroatoms. The summed E-state index contributed by atoms with van der Waals surface area (Å²) in [7, 11) is 0. The quantitative estimate of drug-likeness (QED) is 0.888. The van der Waals surface area contributed by atoms with Crippen LogP contribution in [0, 0.1) is 18.3 Å². The summed E-state index contributed by atoms with van der Waals surface area (Å²) < 4.78 is 37.7. The fraction of sp³-hybridized carbons (Fsp3) is 0.500. The molecule has 1 aromatic carbocycles. The van der Waals surface area contributed by atoms with Gasteiger partial charge in [0.1, 0.15) is 0 Å². The second-order valence-electron chi connectivity index (χ2n) is 5.68. The lowest BCUT2D eigenvalue weighted by Crippen LogP contribution is -2.06. The largest absolute Gasteiger partial charge is 0.481 e. The second-order valence-corrected chi connectivity index (χ2v) is 5.68. The molecule has 1 aliphatic carbocycles. The van der Waals surface area contributed by atoms with E-state index in [9.17, 15) is 18.0 Å². The Kier molecular flexibility index (Phi) is 2.92. The minimum Gasteiger partial charge on any atom is -0.481 e. The molecule has 0 spiro atoms. The van der Waals surface area contributed by atoms with Gasteiger partial charge in [-0.1, -0.05) is 19.9 Å². The van der Waals surface area contributed by atoms with Gasteiger partial charge in [-0.25, -0.2) is 0 Å². The van der Waals surface area contributed by atoms with E-state index in [0.29, 0.717) is 11.1 Å². The van der Waals surface area contributed by atoms with Crippen molar-refractivity contribution in [3.63, 3.8) is 0 Å². The normalized spacial score (nSPS) is 25.2. The van der Waals surface area contributed by atoms with E-state index in [-0.39, 0.29) is 5.92 Å². The average Bonchev–Trinajstić information content (AvgIpc) is 2.80. The highest BCUT2D eigenvalue weighted by Gasteiger charge is 2.63. The molecule has 2 atom stereocenters. The van der Waals surface area contributed by atoms with Gasteiger partial charge in [0, 0.05) is 5.92 Å². The molecule has 1 fully saturated rings. The Bertz CT molecular complexity index is 532. The van der Waals surface area contributed by atoms with E-state index in [1.165, 1.54) is 6.07 Å². The van der Waals surface area contributed by atoms with E-state index in [4.69, 9.17) is 5.11 Å². The molecule has 0 bridgehead atoms. The third kappa shape index (κ3) is 2.22. The van der Waals surface area contributed by atoms with E-state index >= 15 is 0 Å². The average molecular weight is 272 g/mol. The molecule has 1 saturated carbocycles. The lowest BCUT2D eigenvalue weighted by molar-refractivity contribution is -0.139. The van der Waals surface area contributed by atoms with Gasteiger partial charge in [0.2, 0.25) is 0 Å². The molecule has 0 radical (unpaired) electrons. The zero-order valence-corrected chi connectivity index (χ0v) is 10.9. The van der Waals surface area contributed by atoms with Crippen molar-refractivity contribution in [1.82, 2.24) is 0 Å². The van der Waals surface area contributed by atoms with Crippen molar-refractivity contribution < 1.29 is 23.1 Å². The van der Waals surface area contributed by atoms with Crippen LogP contribution in [0.1, 0.15) is 36.5 Å². The molecule has 0 unspecified atom stereocenters. The maximum atomic E-state index is 12.6. The second kappa shape index (κ2) is 3.99. The summed E-state index contributed by atoms with van der Waals surface area (Å²) in [6, 6.07) is 3.52. The molecule has 19 heavy (non-hydrogen) atoms. The molecular formula is C14H15F3O2. The van der Waals surface area contributed by atoms with Crippen LogP contribution >= 0.6 is 0 Å². The van der Waals surface area contributed by atoms with Gasteiger partial charge in [-0.05, 0) is 35.6 Å². The van der Waals surface area contributed by atoms with Crippen molar-refractivity contribution in [2.45, 2.75) is 32.9 Å². The van der Waals surface area contributed by atoms with E-state index < -0.39 is 29.0 Å². The van der Waals surface area contributed by atoms with Crippen LogP contribution in [0.15, 0.2) is 18.2 Å². The van der Waals surface area contributed by atoms with Crippen LogP contribution in [0.3, 0.4) is 0 Å². The first-order chi connectivity index (χ1) is 8.56. The first-order valence-corrected chi connectivity index (χ1v) is 5.97. The molecule has 2 nitrogen and oxygen atoms in total. The number of halogens is 3. The summed E-state index contributed by atoms with van der Waals surface area (Å²) in [6.07, 6.45) is -4.37. The van der Waals surface area contributed by atoms with Crippen LogP contribution < -0.4 is 0 Å². The third-order valence-electron chi connectivity index (χ3n) is 4.03. The monoisotopic (exact) mass is 272 g/mol. The SMILES string of the molecule is Cc1cc(C(F)(F)F)ccc1[C@H]1[C@H](C(=O)O)C1(C)C. The lowest BCUT2D eigenvalue weighted by atomic mass is 9.97. The van der Waals surface area contributed by atoms with E-state index in [1.54, 1.807) is 6.92 Å². The van der Waals surface area contributed by atoms with Crippen molar-refractivity contribution in [3.8, 4) is 0 Å². The number of carboxylic acid groups (broad SMARTS) is 1. The van der Waals surface area contributed by atoms with Gasteiger partial charge in [-0.15, -0.1) is 0 Å². The van der Waals surface area contributed by atoms with Gasteiger partial charge >= 0.3 is 12.1 Å². The maximum Gasteiger partial charge on any atom is 0.416 e. The van der Waals surface area contributed by atoms with Crippen molar-refractivity contribution >= 4 is 5.97 Å². The number of aliphatic carboxylic acids is 1. The number of rotatable bonds is 2. The number of carboxylic acids is 1. The van der Waals surface area contributed by atoms with Crippen LogP contribution in [0.2, 0.25) is 0 Å². The minimum absolute atomic E-state index is 0.215. The van der Waals surface area contributed by atoms with Crippen LogP contribution in [0.4, 0.5) is 13.2 Å². The van der Waals surface area contributed by atoms with Gasteiger partial charge in [0.25, 0.3) is 0 Å². The summed E-state index contributed by atoms with van der Waals surface area (Å²) in [4.78, 5) is 11.1. The summed E-state index contributed by atoms with van der Waals surface area (Å²) >= 11 is 0. The molecule has 104 valence electrons. The van der Waals surface area contributed by atoms with Crippen molar-refractivity contribution in [1.29, 1.82) is 0 Å². The van der Waals surface area contributed by atoms with Crippen LogP contribution in [0.25, 0.3) is 0 Å². The predicted octanol–water partition coefficient (Wildman–Crippen LogP) is 3.84. The summed E-state index contributed by atoms with van der Waals surface area (Å²) in [5, 5.41) is 9.12. The highest BCUT2D eigenvalue weighted by Crippen LogP contribution is 2.65. The van der Waals surface area contributed by atoms with E-state index in [0.717, 1.165) is 12.1 Å². The summed E-state index contributed by atoms with van der Waals surface area (Å²) in [5.41, 5.74) is 0.0946. The molecule has 1 aliphatic rings. The Morgan fingerprint density at radius 1 is 1.32 bits per heavy atom. The van der Waals surface area contributed by atoms with Gasteiger partial charge in [-0.2, -0.15) is 13.2 Å². The standard InChI is InChI=1S/C14H15F3O2/c1-7-6-8(14(15,16)17)4-5-9(7)10-11(12(18)19)13(10,2)3/h4-6,10-11H,1-3H3,(H,18,19)/t10-,11+/m0/s1. The van der Waals surface area contributed by atoms with E-state index in [2.05, 4.69) is 0 Å². The van der Waals surface area contributed by atoms with Crippen LogP contribution in [-0.2, 0) is 11.0 Å². The lowest BCUT2D eigenvalue weighted by Gasteiger charge is -2.11. The first kappa shape index (κ1) is 13.9. The number of alkyl halides is 3. The van der Waals surface area contributed by atoms with Crippen molar-refractivity contribution in [2.24, 2.45) is 11.3 Å². The molecule has 0 aliphatic heterocycles. The Morgan fingerprint density at radius 3 is 2.26 bits per heavy atom. The molecule has 0 heterocycles. The van der Waals surface area contributed by atoms with E-state index in [1.807, 2.05) is 13.8 Å². The fourth-order valence-electron chi connectivity index (χ4n) is 2.88. The fourth-order valence-corrected chi connectivity index (χ4v) is 2.88. The highest BCUT2D eigenvalue weighted by atomic mass is 19.4. The Balaban J connectivity index is 2.37. The Labute approximate surface area is 109 Å². The number of benzene rings is 1. The Morgan fingerprint density at radius 2 is 1.89 bits per heavy atom. The number of hydrogen-bond acceptors (Lipinski definition) is 1. The van der Waals surface area contributed by atoms with Gasteiger partial charge in [0.05, 0.1) is 11.5 Å². The van der Waals surface area contributed by atoms with Gasteiger partial charge in [-0.3, -0.25) is 4.79 Å². The van der Waals surface area contributed by atoms with Gasteiger partial charge in [0.15, 0.2) is 0 Å². The van der Waals surface area contributed by atoms with Crippen LogP contribution in [0.5, 0.6) is 0 Å². The molecule has 1 aromatic rings. The molecule has 2 rings (SSSR count). The summed E-state index contributed by atoms with van der Waals surface area (Å²) in [6.45, 7) is 5.25. The Hall–Kier alpha value is -1.52.